The quantitative estimate of drug-likeness (QED) is 0.640. The molecule has 33 heavy (non-hydrogen) atoms. The van der Waals surface area contributed by atoms with Gasteiger partial charge in [0.15, 0.2) is 5.82 Å². The molecule has 176 valence electrons. The van der Waals surface area contributed by atoms with Crippen molar-refractivity contribution in [2.75, 3.05) is 56.2 Å². The molecule has 1 saturated heterocycles. The minimum Gasteiger partial charge on any atom is -0.378 e. The molecule has 2 aliphatic rings. The van der Waals surface area contributed by atoms with Gasteiger partial charge in [-0.05, 0) is 44.5 Å². The molecule has 2 aliphatic heterocycles. The molecular weight excluding hydrogens is 422 g/mol. The first-order valence-corrected chi connectivity index (χ1v) is 11.5. The number of carbonyl (C=O) groups is 2. The number of amides is 4. The Morgan fingerprint density at radius 2 is 1.73 bits per heavy atom. The summed E-state index contributed by atoms with van der Waals surface area (Å²) in [6.45, 7) is 8.91. The standard InChI is InChI=1S/C23H31N7O3/c1-3-24-22(31)26-17-7-5-16(6-8-17)20-27-19-15-30(23(32)25-4-2)10-9-18(19)21(28-20)29-11-13-33-14-12-29/h5-8H,3-4,9-15H2,1-2H3,(H,25,32)(H2,24,26,31). The van der Waals surface area contributed by atoms with Gasteiger partial charge in [-0.3, -0.25) is 0 Å². The van der Waals surface area contributed by atoms with Crippen LogP contribution >= 0.6 is 0 Å². The summed E-state index contributed by atoms with van der Waals surface area (Å²) >= 11 is 0. The Hall–Kier alpha value is -3.40. The zero-order valence-electron chi connectivity index (χ0n) is 19.2. The molecule has 10 nitrogen and oxygen atoms in total. The highest BCUT2D eigenvalue weighted by Gasteiger charge is 2.28. The van der Waals surface area contributed by atoms with Crippen LogP contribution in [0.4, 0.5) is 21.1 Å². The van der Waals surface area contributed by atoms with Gasteiger partial charge in [-0.25, -0.2) is 19.6 Å². The van der Waals surface area contributed by atoms with E-state index in [2.05, 4.69) is 20.9 Å². The molecule has 3 heterocycles. The van der Waals surface area contributed by atoms with Gasteiger partial charge in [0.05, 0.1) is 25.5 Å². The SMILES string of the molecule is CCNC(=O)Nc1ccc(-c2nc3c(c(N4CCOCC4)n2)CCN(C(=O)NCC)C3)cc1. The van der Waals surface area contributed by atoms with E-state index in [1.807, 2.05) is 38.1 Å². The Balaban J connectivity index is 1.64. The number of hydrogen-bond donors (Lipinski definition) is 3. The molecule has 2 aromatic rings. The molecule has 0 bridgehead atoms. The van der Waals surface area contributed by atoms with Crippen LogP contribution in [0.3, 0.4) is 0 Å². The first-order valence-electron chi connectivity index (χ1n) is 11.5. The van der Waals surface area contributed by atoms with Gasteiger partial charge in [-0.1, -0.05) is 0 Å². The van der Waals surface area contributed by atoms with Gasteiger partial charge in [0.1, 0.15) is 5.82 Å². The molecule has 4 rings (SSSR count). The normalized spacial score (nSPS) is 15.6. The van der Waals surface area contributed by atoms with Gasteiger partial charge in [0, 0.05) is 49.5 Å². The van der Waals surface area contributed by atoms with Gasteiger partial charge in [-0.2, -0.15) is 0 Å². The van der Waals surface area contributed by atoms with E-state index in [9.17, 15) is 9.59 Å². The Morgan fingerprint density at radius 3 is 2.42 bits per heavy atom. The van der Waals surface area contributed by atoms with E-state index in [1.54, 1.807) is 4.90 Å². The highest BCUT2D eigenvalue weighted by atomic mass is 16.5. The van der Waals surface area contributed by atoms with E-state index < -0.39 is 0 Å². The van der Waals surface area contributed by atoms with Gasteiger partial charge >= 0.3 is 12.1 Å². The lowest BCUT2D eigenvalue weighted by Crippen LogP contribution is -2.44. The van der Waals surface area contributed by atoms with Crippen molar-refractivity contribution >= 4 is 23.6 Å². The van der Waals surface area contributed by atoms with E-state index in [-0.39, 0.29) is 12.1 Å². The van der Waals surface area contributed by atoms with E-state index >= 15 is 0 Å². The average molecular weight is 454 g/mol. The zero-order valence-corrected chi connectivity index (χ0v) is 19.2. The molecule has 4 amide bonds. The van der Waals surface area contributed by atoms with Crippen molar-refractivity contribution in [3.63, 3.8) is 0 Å². The van der Waals surface area contributed by atoms with Crippen LogP contribution in [0.15, 0.2) is 24.3 Å². The molecular formula is C23H31N7O3. The van der Waals surface area contributed by atoms with Crippen molar-refractivity contribution in [2.45, 2.75) is 26.8 Å². The summed E-state index contributed by atoms with van der Waals surface area (Å²) in [5, 5.41) is 8.39. The number of anilines is 2. The maximum atomic E-state index is 12.4. The third kappa shape index (κ3) is 5.33. The minimum absolute atomic E-state index is 0.0722. The van der Waals surface area contributed by atoms with Crippen LogP contribution in [0.5, 0.6) is 0 Å². The second kappa shape index (κ2) is 10.5. The fourth-order valence-corrected chi connectivity index (χ4v) is 4.05. The molecule has 1 aromatic carbocycles. The zero-order chi connectivity index (χ0) is 23.2. The van der Waals surface area contributed by atoms with E-state index in [1.165, 1.54) is 0 Å². The summed E-state index contributed by atoms with van der Waals surface area (Å²) in [5.74, 6) is 1.54. The smallest absolute Gasteiger partial charge is 0.319 e. The maximum Gasteiger partial charge on any atom is 0.319 e. The Kier molecular flexibility index (Phi) is 7.23. The maximum absolute atomic E-state index is 12.4. The van der Waals surface area contributed by atoms with Crippen LogP contribution < -0.4 is 20.9 Å². The highest BCUT2D eigenvalue weighted by Crippen LogP contribution is 2.30. The van der Waals surface area contributed by atoms with Crippen LogP contribution in [0, 0.1) is 0 Å². The second-order valence-corrected chi connectivity index (χ2v) is 7.96. The molecule has 1 fully saturated rings. The molecule has 1 aromatic heterocycles. The van der Waals surface area contributed by atoms with Crippen molar-refractivity contribution in [2.24, 2.45) is 0 Å². The van der Waals surface area contributed by atoms with Crippen molar-refractivity contribution in [3.05, 3.63) is 35.5 Å². The predicted molar refractivity (Wildman–Crippen MR) is 126 cm³/mol. The number of carbonyl (C=O) groups excluding carboxylic acids is 2. The number of fused-ring (bicyclic) bond motifs is 1. The van der Waals surface area contributed by atoms with Gasteiger partial charge in [0.25, 0.3) is 0 Å². The molecule has 3 N–H and O–H groups in total. The topological polar surface area (TPSA) is 112 Å². The molecule has 0 radical (unpaired) electrons. The van der Waals surface area contributed by atoms with Crippen LogP contribution in [-0.2, 0) is 17.7 Å². The highest BCUT2D eigenvalue weighted by molar-refractivity contribution is 5.89. The van der Waals surface area contributed by atoms with Gasteiger partial charge in [-0.15, -0.1) is 0 Å². The lowest BCUT2D eigenvalue weighted by Gasteiger charge is -2.34. The van der Waals surface area contributed by atoms with Crippen molar-refractivity contribution in [1.82, 2.24) is 25.5 Å². The number of aromatic nitrogens is 2. The summed E-state index contributed by atoms with van der Waals surface area (Å²) in [6.07, 6.45) is 0.717. The first kappa shape index (κ1) is 22.8. The van der Waals surface area contributed by atoms with Gasteiger partial charge in [0.2, 0.25) is 0 Å². The molecule has 10 heteroatoms. The lowest BCUT2D eigenvalue weighted by molar-refractivity contribution is 0.122. The fourth-order valence-electron chi connectivity index (χ4n) is 4.05. The molecule has 0 aliphatic carbocycles. The van der Waals surface area contributed by atoms with Crippen LogP contribution in [0.2, 0.25) is 0 Å². The van der Waals surface area contributed by atoms with Gasteiger partial charge < -0.3 is 30.5 Å². The number of hydrogen-bond acceptors (Lipinski definition) is 6. The summed E-state index contributed by atoms with van der Waals surface area (Å²) in [7, 11) is 0. The van der Waals surface area contributed by atoms with E-state index in [0.29, 0.717) is 50.9 Å². The average Bonchev–Trinajstić information content (AvgIpc) is 2.84. The van der Waals surface area contributed by atoms with E-state index in [4.69, 9.17) is 14.7 Å². The molecule has 0 spiro atoms. The molecule has 0 unspecified atom stereocenters. The van der Waals surface area contributed by atoms with Crippen molar-refractivity contribution in [1.29, 1.82) is 0 Å². The first-order chi connectivity index (χ1) is 16.1. The Labute approximate surface area is 193 Å². The van der Waals surface area contributed by atoms with Crippen LogP contribution in [0.1, 0.15) is 25.1 Å². The van der Waals surface area contributed by atoms with Crippen molar-refractivity contribution in [3.8, 4) is 11.4 Å². The minimum atomic E-state index is -0.240. The Morgan fingerprint density at radius 1 is 1.00 bits per heavy atom. The molecule has 0 saturated carbocycles. The lowest BCUT2D eigenvalue weighted by atomic mass is 10.0. The van der Waals surface area contributed by atoms with Crippen molar-refractivity contribution < 1.29 is 14.3 Å². The number of morpholine rings is 1. The second-order valence-electron chi connectivity index (χ2n) is 7.96. The predicted octanol–water partition coefficient (Wildman–Crippen LogP) is 2.21. The monoisotopic (exact) mass is 453 g/mol. The van der Waals surface area contributed by atoms with E-state index in [0.717, 1.165) is 42.1 Å². The number of nitrogens with one attached hydrogen (secondary N) is 3. The van der Waals surface area contributed by atoms with Crippen LogP contribution in [0.25, 0.3) is 11.4 Å². The third-order valence-corrected chi connectivity index (χ3v) is 5.71. The summed E-state index contributed by atoms with van der Waals surface area (Å²) in [6, 6.07) is 7.16. The number of rotatable bonds is 5. The fraction of sp³-hybridized carbons (Fsp3) is 0.478. The third-order valence-electron chi connectivity index (χ3n) is 5.71. The largest absolute Gasteiger partial charge is 0.378 e. The summed E-state index contributed by atoms with van der Waals surface area (Å²) < 4.78 is 5.53. The number of benzene rings is 1. The number of ether oxygens (including phenoxy) is 1. The van der Waals surface area contributed by atoms with Crippen LogP contribution in [-0.4, -0.2) is 72.9 Å². The Bertz CT molecular complexity index is 990. The molecule has 0 atom stereocenters. The summed E-state index contributed by atoms with van der Waals surface area (Å²) in [5.41, 5.74) is 3.53. The summed E-state index contributed by atoms with van der Waals surface area (Å²) in [4.78, 5) is 38.1. The number of nitrogens with zero attached hydrogens (tertiary/aromatic N) is 4. The number of urea groups is 2.